The van der Waals surface area contributed by atoms with Crippen LogP contribution in [0.4, 0.5) is 0 Å². The number of aromatic nitrogens is 2. The summed E-state index contributed by atoms with van der Waals surface area (Å²) in [5, 5.41) is 6.10. The van der Waals surface area contributed by atoms with Gasteiger partial charge in [-0.05, 0) is 23.6 Å². The number of rotatable bonds is 5. The van der Waals surface area contributed by atoms with Crippen LogP contribution in [-0.2, 0) is 14.8 Å². The van der Waals surface area contributed by atoms with Gasteiger partial charge in [0.05, 0.1) is 18.3 Å². The number of nitrogens with one attached hydrogen (secondary N) is 1. The largest absolute Gasteiger partial charge is 0.343 e. The number of piperazine rings is 1. The molecule has 0 aliphatic carbocycles. The first-order valence-corrected chi connectivity index (χ1v) is 11.9. The highest BCUT2D eigenvalue weighted by atomic mass is 32.2. The van der Waals surface area contributed by atoms with Crippen LogP contribution >= 0.6 is 23.1 Å². The van der Waals surface area contributed by atoms with Gasteiger partial charge in [-0.3, -0.25) is 9.59 Å². The molecule has 1 aliphatic rings. The lowest BCUT2D eigenvalue weighted by molar-refractivity contribution is -0.131. The summed E-state index contributed by atoms with van der Waals surface area (Å²) in [6.45, 7) is 0.765. The summed E-state index contributed by atoms with van der Waals surface area (Å²) >= 11 is 2.38. The fraction of sp³-hybridized carbons (Fsp3) is 0.294. The van der Waals surface area contributed by atoms with Crippen molar-refractivity contribution in [3.8, 4) is 0 Å². The lowest BCUT2D eigenvalue weighted by Gasteiger charge is -2.34. The van der Waals surface area contributed by atoms with Gasteiger partial charge in [0.1, 0.15) is 15.9 Å². The van der Waals surface area contributed by atoms with E-state index >= 15 is 0 Å². The minimum absolute atomic E-state index is 0.120. The summed E-state index contributed by atoms with van der Waals surface area (Å²) in [7, 11) is -3.73. The molecule has 1 saturated heterocycles. The molecule has 1 aliphatic heterocycles. The van der Waals surface area contributed by atoms with Gasteiger partial charge >= 0.3 is 0 Å². The fourth-order valence-electron chi connectivity index (χ4n) is 3.07. The zero-order valence-corrected chi connectivity index (χ0v) is 17.6. The fourth-order valence-corrected chi connectivity index (χ4v) is 5.88. The molecule has 0 saturated carbocycles. The van der Waals surface area contributed by atoms with Crippen LogP contribution in [0.15, 0.2) is 39.9 Å². The summed E-state index contributed by atoms with van der Waals surface area (Å²) in [5.74, 6) is -0.540. The summed E-state index contributed by atoms with van der Waals surface area (Å²) in [5.41, 5.74) is 1.43. The van der Waals surface area contributed by atoms with Crippen molar-refractivity contribution in [3.63, 3.8) is 0 Å². The van der Waals surface area contributed by atoms with Crippen LogP contribution in [0, 0.1) is 0 Å². The van der Waals surface area contributed by atoms with Crippen molar-refractivity contribution in [1.29, 1.82) is 0 Å². The Morgan fingerprint density at radius 2 is 1.90 bits per heavy atom. The van der Waals surface area contributed by atoms with E-state index in [1.54, 1.807) is 33.9 Å². The van der Waals surface area contributed by atoms with E-state index < -0.39 is 10.0 Å². The average molecular weight is 452 g/mol. The third-order valence-corrected chi connectivity index (χ3v) is 7.80. The molecule has 152 valence electrons. The van der Waals surface area contributed by atoms with Crippen molar-refractivity contribution in [1.82, 2.24) is 23.3 Å². The van der Waals surface area contributed by atoms with Crippen molar-refractivity contribution in [3.05, 3.63) is 40.6 Å². The molecule has 9 nitrogen and oxygen atoms in total. The van der Waals surface area contributed by atoms with Gasteiger partial charge in [-0.25, -0.2) is 8.42 Å². The van der Waals surface area contributed by atoms with E-state index in [4.69, 9.17) is 0 Å². The van der Waals surface area contributed by atoms with E-state index in [0.717, 1.165) is 11.7 Å². The van der Waals surface area contributed by atoms with E-state index in [1.807, 2.05) is 0 Å². The molecule has 1 aromatic carbocycles. The molecule has 12 heteroatoms. The SMILES string of the molecule is O=C(NCC(=O)N1CCN(S(=O)(=O)c2cccc3nsnc23)CC1)c1ccsc1. The normalized spacial score (nSPS) is 15.5. The standard InChI is InChI=1S/C17H17N5O4S3/c23-15(10-18-17(24)12-4-9-27-11-12)21-5-7-22(8-6-21)29(25,26)14-3-1-2-13-16(14)20-28-19-13/h1-4,9,11H,5-8,10H2,(H,18,24). The molecule has 0 bridgehead atoms. The van der Waals surface area contributed by atoms with Crippen molar-refractivity contribution >= 4 is 55.9 Å². The number of hydrogen-bond donors (Lipinski definition) is 1. The van der Waals surface area contributed by atoms with Gasteiger partial charge in [-0.1, -0.05) is 6.07 Å². The first-order valence-electron chi connectivity index (χ1n) is 8.76. The molecule has 2 aromatic heterocycles. The van der Waals surface area contributed by atoms with Crippen LogP contribution in [0.3, 0.4) is 0 Å². The maximum Gasteiger partial charge on any atom is 0.252 e. The number of carbonyl (C=O) groups is 2. The number of carbonyl (C=O) groups excluding carboxylic acids is 2. The second-order valence-corrected chi connectivity index (χ2v) is 9.58. The van der Waals surface area contributed by atoms with Crippen molar-refractivity contribution in [2.24, 2.45) is 0 Å². The van der Waals surface area contributed by atoms with E-state index in [9.17, 15) is 18.0 Å². The molecule has 0 radical (unpaired) electrons. The minimum atomic E-state index is -3.73. The van der Waals surface area contributed by atoms with Gasteiger partial charge in [-0.15, -0.1) is 0 Å². The Morgan fingerprint density at radius 3 is 2.62 bits per heavy atom. The number of benzene rings is 1. The van der Waals surface area contributed by atoms with E-state index in [0.29, 0.717) is 16.6 Å². The number of nitrogens with zero attached hydrogens (tertiary/aromatic N) is 4. The molecule has 1 fully saturated rings. The molecule has 29 heavy (non-hydrogen) atoms. The van der Waals surface area contributed by atoms with Crippen LogP contribution in [-0.4, -0.2) is 70.9 Å². The Balaban J connectivity index is 1.37. The molecule has 0 spiro atoms. The van der Waals surface area contributed by atoms with Gasteiger partial charge in [-0.2, -0.15) is 24.4 Å². The van der Waals surface area contributed by atoms with Crippen LogP contribution in [0.1, 0.15) is 10.4 Å². The first kappa shape index (κ1) is 19.9. The molecule has 4 rings (SSSR count). The maximum atomic E-state index is 13.0. The average Bonchev–Trinajstić information content (AvgIpc) is 3.43. The first-order chi connectivity index (χ1) is 14.0. The van der Waals surface area contributed by atoms with Crippen molar-refractivity contribution in [2.45, 2.75) is 4.90 Å². The summed E-state index contributed by atoms with van der Waals surface area (Å²) in [4.78, 5) is 26.0. The molecule has 3 heterocycles. The summed E-state index contributed by atoms with van der Waals surface area (Å²) in [6, 6.07) is 6.58. The monoisotopic (exact) mass is 451 g/mol. The van der Waals surface area contributed by atoms with Gasteiger partial charge < -0.3 is 10.2 Å². The smallest absolute Gasteiger partial charge is 0.252 e. The Labute approximate surface area is 175 Å². The van der Waals surface area contributed by atoms with E-state index in [-0.39, 0.29) is 49.4 Å². The molecule has 1 N–H and O–H groups in total. The van der Waals surface area contributed by atoms with Crippen LogP contribution in [0.2, 0.25) is 0 Å². The Morgan fingerprint density at radius 1 is 1.10 bits per heavy atom. The Bertz CT molecular complexity index is 1140. The van der Waals surface area contributed by atoms with Crippen LogP contribution < -0.4 is 5.32 Å². The highest BCUT2D eigenvalue weighted by Gasteiger charge is 2.32. The third-order valence-electron chi connectivity index (χ3n) is 4.64. The topological polar surface area (TPSA) is 113 Å². The Kier molecular flexibility index (Phi) is 5.58. The lowest BCUT2D eigenvalue weighted by atomic mass is 10.3. The second kappa shape index (κ2) is 8.14. The van der Waals surface area contributed by atoms with Gasteiger partial charge in [0.2, 0.25) is 15.9 Å². The minimum Gasteiger partial charge on any atom is -0.343 e. The number of amides is 2. The van der Waals surface area contributed by atoms with E-state index in [2.05, 4.69) is 14.1 Å². The number of fused-ring (bicyclic) bond motifs is 1. The van der Waals surface area contributed by atoms with Gasteiger partial charge in [0, 0.05) is 37.1 Å². The highest BCUT2D eigenvalue weighted by Crippen LogP contribution is 2.25. The second-order valence-electron chi connectivity index (χ2n) is 6.37. The van der Waals surface area contributed by atoms with Crippen molar-refractivity contribution < 1.29 is 18.0 Å². The van der Waals surface area contributed by atoms with Crippen molar-refractivity contribution in [2.75, 3.05) is 32.7 Å². The lowest BCUT2D eigenvalue weighted by Crippen LogP contribution is -2.52. The molecule has 0 unspecified atom stereocenters. The number of thiophene rings is 1. The predicted molar refractivity (Wildman–Crippen MR) is 109 cm³/mol. The zero-order chi connectivity index (χ0) is 20.4. The molecular weight excluding hydrogens is 434 g/mol. The number of hydrogen-bond acceptors (Lipinski definition) is 8. The molecule has 2 amide bonds. The number of sulfonamides is 1. The van der Waals surface area contributed by atoms with Gasteiger partial charge in [0.25, 0.3) is 5.91 Å². The van der Waals surface area contributed by atoms with Gasteiger partial charge in [0.15, 0.2) is 0 Å². The third kappa shape index (κ3) is 4.01. The van der Waals surface area contributed by atoms with Crippen LogP contribution in [0.5, 0.6) is 0 Å². The maximum absolute atomic E-state index is 13.0. The quantitative estimate of drug-likeness (QED) is 0.620. The molecular formula is C17H17N5O4S3. The summed E-state index contributed by atoms with van der Waals surface area (Å²) in [6.07, 6.45) is 0. The van der Waals surface area contributed by atoms with E-state index in [1.165, 1.54) is 21.7 Å². The summed E-state index contributed by atoms with van der Waals surface area (Å²) < 4.78 is 35.6. The molecule has 0 atom stereocenters. The predicted octanol–water partition coefficient (Wildman–Crippen LogP) is 1.02. The molecule has 3 aromatic rings. The highest BCUT2D eigenvalue weighted by molar-refractivity contribution is 7.89. The van der Waals surface area contributed by atoms with Crippen LogP contribution in [0.25, 0.3) is 11.0 Å². The zero-order valence-electron chi connectivity index (χ0n) is 15.1. The Hall–Kier alpha value is -2.41.